The lowest BCUT2D eigenvalue weighted by atomic mass is 10.1. The fourth-order valence-corrected chi connectivity index (χ4v) is 6.17. The quantitative estimate of drug-likeness (QED) is 0.672. The highest BCUT2D eigenvalue weighted by Gasteiger charge is 2.39. The van der Waals surface area contributed by atoms with Gasteiger partial charge in [-0.05, 0) is 45.7 Å². The third kappa shape index (κ3) is 3.43. The molecule has 0 aliphatic carbocycles. The molecule has 1 atom stereocenters. The molecular formula is C18H21N5O3S2. The van der Waals surface area contributed by atoms with Crippen molar-refractivity contribution in [2.24, 2.45) is 0 Å². The van der Waals surface area contributed by atoms with Crippen molar-refractivity contribution in [2.75, 3.05) is 11.9 Å². The first kappa shape index (κ1) is 19.0. The first-order valence-electron chi connectivity index (χ1n) is 8.97. The molecule has 0 saturated carbocycles. The Morgan fingerprint density at radius 1 is 1.25 bits per heavy atom. The number of sulfonamides is 1. The van der Waals surface area contributed by atoms with Crippen molar-refractivity contribution in [3.8, 4) is 0 Å². The van der Waals surface area contributed by atoms with E-state index in [-0.39, 0.29) is 10.9 Å². The zero-order chi connectivity index (χ0) is 19.9. The van der Waals surface area contributed by atoms with Crippen LogP contribution in [0.3, 0.4) is 0 Å². The minimum absolute atomic E-state index is 0.159. The lowest BCUT2D eigenvalue weighted by Gasteiger charge is -2.23. The van der Waals surface area contributed by atoms with Crippen molar-refractivity contribution in [2.45, 2.75) is 44.6 Å². The lowest BCUT2D eigenvalue weighted by molar-refractivity contribution is 0.381. The number of rotatable bonds is 5. The Morgan fingerprint density at radius 3 is 2.75 bits per heavy atom. The third-order valence-corrected chi connectivity index (χ3v) is 7.73. The van der Waals surface area contributed by atoms with Crippen LogP contribution in [0.15, 0.2) is 33.0 Å². The first-order chi connectivity index (χ1) is 13.4. The molecule has 0 spiro atoms. The number of hydrogen-bond acceptors (Lipinski definition) is 8. The van der Waals surface area contributed by atoms with E-state index in [0.717, 1.165) is 23.7 Å². The van der Waals surface area contributed by atoms with E-state index in [2.05, 4.69) is 20.4 Å². The molecule has 1 aliphatic heterocycles. The van der Waals surface area contributed by atoms with E-state index in [1.807, 2.05) is 30.5 Å². The Morgan fingerprint density at radius 2 is 2.07 bits per heavy atom. The zero-order valence-corrected chi connectivity index (χ0v) is 17.5. The monoisotopic (exact) mass is 419 g/mol. The van der Waals surface area contributed by atoms with Gasteiger partial charge in [0.05, 0.1) is 17.4 Å². The van der Waals surface area contributed by atoms with E-state index in [1.165, 1.54) is 15.6 Å². The molecular weight excluding hydrogens is 398 g/mol. The molecule has 1 saturated heterocycles. The molecule has 28 heavy (non-hydrogen) atoms. The number of nitrogens with one attached hydrogen (secondary N) is 1. The summed E-state index contributed by atoms with van der Waals surface area (Å²) in [5.74, 6) is 0.958. The third-order valence-electron chi connectivity index (χ3n) is 4.70. The molecule has 1 N–H and O–H groups in total. The van der Waals surface area contributed by atoms with Gasteiger partial charge >= 0.3 is 0 Å². The molecule has 4 heterocycles. The average Bonchev–Trinajstić information content (AvgIpc) is 3.36. The second kappa shape index (κ2) is 7.26. The van der Waals surface area contributed by atoms with Gasteiger partial charge in [-0.25, -0.2) is 18.4 Å². The smallest absolute Gasteiger partial charge is 0.249 e. The van der Waals surface area contributed by atoms with Crippen LogP contribution in [-0.2, 0) is 10.0 Å². The molecule has 1 fully saturated rings. The Hall–Kier alpha value is -2.30. The highest BCUT2D eigenvalue weighted by atomic mass is 32.2. The zero-order valence-electron chi connectivity index (χ0n) is 15.8. The summed E-state index contributed by atoms with van der Waals surface area (Å²) in [4.78, 5) is 9.20. The molecule has 0 unspecified atom stereocenters. The standard InChI is InChI=1S/C18H21N5O3S2/c1-11-10-27-18(19-11)21-16-8-4-6-14(20-16)15-7-5-9-23(15)28(24,25)17-12(2)22-26-13(17)3/h4,6,8,10,15H,5,7,9H2,1-3H3,(H,19,20,21)/t15-/m1/s1. The van der Waals surface area contributed by atoms with E-state index in [4.69, 9.17) is 4.52 Å². The molecule has 8 nitrogen and oxygen atoms in total. The van der Waals surface area contributed by atoms with E-state index in [1.54, 1.807) is 13.8 Å². The second-order valence-corrected chi connectivity index (χ2v) is 9.48. The van der Waals surface area contributed by atoms with Crippen molar-refractivity contribution in [1.29, 1.82) is 0 Å². The maximum absolute atomic E-state index is 13.3. The topological polar surface area (TPSA) is 101 Å². The lowest BCUT2D eigenvalue weighted by Crippen LogP contribution is -2.31. The number of aryl methyl sites for hydroxylation is 3. The van der Waals surface area contributed by atoms with Gasteiger partial charge < -0.3 is 9.84 Å². The van der Waals surface area contributed by atoms with Crippen LogP contribution in [0.2, 0.25) is 0 Å². The molecule has 0 radical (unpaired) electrons. The Kier molecular flexibility index (Phi) is 4.94. The second-order valence-electron chi connectivity index (χ2n) is 6.79. The SMILES string of the molecule is Cc1csc(Nc2cccc([C@H]3CCCN3S(=O)(=O)c3c(C)noc3C)n2)n1. The van der Waals surface area contributed by atoms with Crippen molar-refractivity contribution in [3.05, 3.63) is 46.4 Å². The van der Waals surface area contributed by atoms with Gasteiger partial charge in [0.15, 0.2) is 10.9 Å². The van der Waals surface area contributed by atoms with Crippen LogP contribution >= 0.6 is 11.3 Å². The first-order valence-corrected chi connectivity index (χ1v) is 11.3. The van der Waals surface area contributed by atoms with E-state index < -0.39 is 10.0 Å². The number of pyridine rings is 1. The van der Waals surface area contributed by atoms with Crippen molar-refractivity contribution in [1.82, 2.24) is 19.4 Å². The van der Waals surface area contributed by atoms with Crippen molar-refractivity contribution in [3.63, 3.8) is 0 Å². The molecule has 3 aromatic heterocycles. The summed E-state index contributed by atoms with van der Waals surface area (Å²) in [7, 11) is -3.72. The van der Waals surface area contributed by atoms with Crippen molar-refractivity contribution >= 4 is 32.3 Å². The summed E-state index contributed by atoms with van der Waals surface area (Å²) in [5.41, 5.74) is 2.04. The Balaban J connectivity index is 1.64. The van der Waals surface area contributed by atoms with Gasteiger partial charge in [-0.2, -0.15) is 4.31 Å². The van der Waals surface area contributed by atoms with Crippen LogP contribution in [0.25, 0.3) is 0 Å². The predicted octanol–water partition coefficient (Wildman–Crippen LogP) is 3.72. The minimum Gasteiger partial charge on any atom is -0.360 e. The highest BCUT2D eigenvalue weighted by Crippen LogP contribution is 2.37. The van der Waals surface area contributed by atoms with E-state index >= 15 is 0 Å². The summed E-state index contributed by atoms with van der Waals surface area (Å²) in [6.45, 7) is 5.65. The predicted molar refractivity (Wildman–Crippen MR) is 106 cm³/mol. The van der Waals surface area contributed by atoms with Crippen LogP contribution in [0.5, 0.6) is 0 Å². The van der Waals surface area contributed by atoms with Gasteiger partial charge in [-0.1, -0.05) is 11.2 Å². The maximum Gasteiger partial charge on any atom is 0.249 e. The van der Waals surface area contributed by atoms with Crippen molar-refractivity contribution < 1.29 is 12.9 Å². The van der Waals surface area contributed by atoms with Crippen LogP contribution in [-0.4, -0.2) is 34.4 Å². The van der Waals surface area contributed by atoms with Crippen LogP contribution in [0.1, 0.15) is 41.7 Å². The minimum atomic E-state index is -3.72. The molecule has 1 aliphatic rings. The van der Waals surface area contributed by atoms with E-state index in [0.29, 0.717) is 29.5 Å². The molecule has 0 amide bonds. The summed E-state index contributed by atoms with van der Waals surface area (Å²) in [5, 5.41) is 9.71. The summed E-state index contributed by atoms with van der Waals surface area (Å²) >= 11 is 1.50. The van der Waals surface area contributed by atoms with Crippen LogP contribution in [0, 0.1) is 20.8 Å². The van der Waals surface area contributed by atoms with Gasteiger partial charge in [-0.15, -0.1) is 11.3 Å². The number of anilines is 2. The van der Waals surface area contributed by atoms with Gasteiger partial charge in [0, 0.05) is 11.9 Å². The Labute approximate surface area is 167 Å². The summed E-state index contributed by atoms with van der Waals surface area (Å²) in [6.07, 6.45) is 1.49. The summed E-state index contributed by atoms with van der Waals surface area (Å²) in [6, 6.07) is 5.27. The van der Waals surface area contributed by atoms with Gasteiger partial charge in [0.2, 0.25) is 10.0 Å². The highest BCUT2D eigenvalue weighted by molar-refractivity contribution is 7.89. The molecule has 10 heteroatoms. The Bertz CT molecular complexity index is 1090. The number of nitrogens with zero attached hydrogens (tertiary/aromatic N) is 4. The van der Waals surface area contributed by atoms with Crippen LogP contribution < -0.4 is 5.32 Å². The molecule has 4 rings (SSSR count). The van der Waals surface area contributed by atoms with Gasteiger partial charge in [-0.3, -0.25) is 0 Å². The van der Waals surface area contributed by atoms with Gasteiger partial charge in [0.1, 0.15) is 16.4 Å². The fourth-order valence-electron chi connectivity index (χ4n) is 3.51. The normalized spacial score (nSPS) is 17.9. The largest absolute Gasteiger partial charge is 0.360 e. The van der Waals surface area contributed by atoms with Crippen LogP contribution in [0.4, 0.5) is 10.9 Å². The molecule has 0 aromatic carbocycles. The number of thiazole rings is 1. The molecule has 0 bridgehead atoms. The average molecular weight is 420 g/mol. The number of hydrogen-bond donors (Lipinski definition) is 1. The molecule has 3 aromatic rings. The van der Waals surface area contributed by atoms with E-state index in [9.17, 15) is 8.42 Å². The van der Waals surface area contributed by atoms with Gasteiger partial charge in [0.25, 0.3) is 0 Å². The molecule has 148 valence electrons. The number of aromatic nitrogens is 3. The fraction of sp³-hybridized carbons (Fsp3) is 0.389. The maximum atomic E-state index is 13.3. The summed E-state index contributed by atoms with van der Waals surface area (Å²) < 4.78 is 33.1.